The lowest BCUT2D eigenvalue weighted by molar-refractivity contribution is 0.154. The predicted octanol–water partition coefficient (Wildman–Crippen LogP) is 1.81. The molecular formula is C14H23N3O. The first-order chi connectivity index (χ1) is 8.79. The Morgan fingerprint density at radius 3 is 2.89 bits per heavy atom. The molecule has 1 fully saturated rings. The van der Waals surface area contributed by atoms with Gasteiger partial charge in [-0.05, 0) is 31.4 Å². The van der Waals surface area contributed by atoms with Crippen LogP contribution in [-0.4, -0.2) is 37.8 Å². The molecule has 0 spiro atoms. The van der Waals surface area contributed by atoms with E-state index in [1.807, 2.05) is 20.2 Å². The second-order valence-corrected chi connectivity index (χ2v) is 4.80. The van der Waals surface area contributed by atoms with E-state index in [1.54, 1.807) is 0 Å². The first kappa shape index (κ1) is 13.3. The lowest BCUT2D eigenvalue weighted by atomic mass is 10.2. The quantitative estimate of drug-likeness (QED) is 0.713. The number of likely N-dealkylation sites (N-methyl/N-ethyl adjacent to an activating group) is 1. The molecule has 1 heterocycles. The molecule has 0 unspecified atom stereocenters. The lowest BCUT2D eigenvalue weighted by Gasteiger charge is -2.18. The molecule has 0 aromatic carbocycles. The van der Waals surface area contributed by atoms with Crippen LogP contribution in [0.5, 0.6) is 0 Å². The average molecular weight is 249 g/mol. The number of nitrogens with zero attached hydrogens (tertiary/aromatic N) is 2. The Labute approximate surface area is 109 Å². The van der Waals surface area contributed by atoms with Crippen LogP contribution in [-0.2, 0) is 11.3 Å². The van der Waals surface area contributed by atoms with Crippen molar-refractivity contribution in [1.82, 2.24) is 10.3 Å². The van der Waals surface area contributed by atoms with E-state index < -0.39 is 0 Å². The first-order valence-electron chi connectivity index (χ1n) is 6.76. The zero-order valence-corrected chi connectivity index (χ0v) is 11.4. The third-order valence-electron chi connectivity index (χ3n) is 3.15. The van der Waals surface area contributed by atoms with Crippen LogP contribution in [0.2, 0.25) is 0 Å². The third-order valence-corrected chi connectivity index (χ3v) is 3.15. The van der Waals surface area contributed by atoms with Gasteiger partial charge in [-0.1, -0.05) is 6.07 Å². The molecule has 2 rings (SSSR count). The van der Waals surface area contributed by atoms with E-state index in [2.05, 4.69) is 27.3 Å². The molecule has 1 aromatic rings. The molecule has 1 aliphatic carbocycles. The van der Waals surface area contributed by atoms with Crippen LogP contribution in [0.3, 0.4) is 0 Å². The highest BCUT2D eigenvalue weighted by molar-refractivity contribution is 5.38. The van der Waals surface area contributed by atoms with E-state index in [0.29, 0.717) is 0 Å². The second-order valence-electron chi connectivity index (χ2n) is 4.80. The number of anilines is 1. The van der Waals surface area contributed by atoms with Gasteiger partial charge >= 0.3 is 0 Å². The fraction of sp³-hybridized carbons (Fsp3) is 0.643. The highest BCUT2D eigenvalue weighted by atomic mass is 16.5. The molecule has 0 aliphatic heterocycles. The van der Waals surface area contributed by atoms with Crippen molar-refractivity contribution in [3.63, 3.8) is 0 Å². The van der Waals surface area contributed by atoms with Gasteiger partial charge in [0.05, 0.1) is 6.61 Å². The summed E-state index contributed by atoms with van der Waals surface area (Å²) in [7, 11) is 2.05. The van der Waals surface area contributed by atoms with Gasteiger partial charge in [0.25, 0.3) is 0 Å². The van der Waals surface area contributed by atoms with Crippen LogP contribution in [0, 0.1) is 0 Å². The SMILES string of the molecule is CCOCCN(C)c1ccc(CNC2CC2)cn1. The number of hydrogen-bond acceptors (Lipinski definition) is 4. The number of pyridine rings is 1. The van der Waals surface area contributed by atoms with Crippen LogP contribution in [0.25, 0.3) is 0 Å². The molecule has 4 heteroatoms. The van der Waals surface area contributed by atoms with Gasteiger partial charge in [0.1, 0.15) is 5.82 Å². The van der Waals surface area contributed by atoms with E-state index in [-0.39, 0.29) is 0 Å². The summed E-state index contributed by atoms with van der Waals surface area (Å²) in [5.74, 6) is 1.00. The van der Waals surface area contributed by atoms with Crippen molar-refractivity contribution in [2.45, 2.75) is 32.4 Å². The molecule has 4 nitrogen and oxygen atoms in total. The Hall–Kier alpha value is -1.13. The summed E-state index contributed by atoms with van der Waals surface area (Å²) in [4.78, 5) is 6.60. The fourth-order valence-corrected chi connectivity index (χ4v) is 1.76. The molecule has 0 radical (unpaired) electrons. The Balaban J connectivity index is 1.77. The van der Waals surface area contributed by atoms with Crippen molar-refractivity contribution >= 4 is 5.82 Å². The minimum atomic E-state index is 0.749. The van der Waals surface area contributed by atoms with Crippen LogP contribution in [0.4, 0.5) is 5.82 Å². The monoisotopic (exact) mass is 249 g/mol. The molecule has 1 saturated carbocycles. The largest absolute Gasteiger partial charge is 0.380 e. The van der Waals surface area contributed by atoms with Crippen molar-refractivity contribution in [2.75, 3.05) is 31.7 Å². The van der Waals surface area contributed by atoms with Crippen LogP contribution in [0.15, 0.2) is 18.3 Å². The zero-order valence-electron chi connectivity index (χ0n) is 11.4. The van der Waals surface area contributed by atoms with Gasteiger partial charge < -0.3 is 15.0 Å². The molecule has 1 N–H and O–H groups in total. The maximum atomic E-state index is 5.34. The topological polar surface area (TPSA) is 37.4 Å². The third kappa shape index (κ3) is 4.27. The van der Waals surface area contributed by atoms with Gasteiger partial charge in [-0.25, -0.2) is 4.98 Å². The molecule has 1 aliphatic rings. The minimum absolute atomic E-state index is 0.749. The predicted molar refractivity (Wildman–Crippen MR) is 73.9 cm³/mol. The van der Waals surface area contributed by atoms with Crippen molar-refractivity contribution in [3.8, 4) is 0 Å². The summed E-state index contributed by atoms with van der Waals surface area (Å²) in [6, 6.07) is 4.98. The zero-order chi connectivity index (χ0) is 12.8. The summed E-state index contributed by atoms with van der Waals surface area (Å²) < 4.78 is 5.34. The van der Waals surface area contributed by atoms with E-state index in [1.165, 1.54) is 18.4 Å². The van der Waals surface area contributed by atoms with Gasteiger partial charge in [-0.2, -0.15) is 0 Å². The van der Waals surface area contributed by atoms with Crippen molar-refractivity contribution in [1.29, 1.82) is 0 Å². The number of hydrogen-bond donors (Lipinski definition) is 1. The second kappa shape index (κ2) is 6.71. The van der Waals surface area contributed by atoms with Crippen molar-refractivity contribution in [3.05, 3.63) is 23.9 Å². The van der Waals surface area contributed by atoms with Crippen molar-refractivity contribution < 1.29 is 4.74 Å². The summed E-state index contributed by atoms with van der Waals surface area (Å²) in [6.07, 6.45) is 4.61. The van der Waals surface area contributed by atoms with E-state index in [0.717, 1.165) is 38.2 Å². The summed E-state index contributed by atoms with van der Waals surface area (Å²) in [5.41, 5.74) is 1.25. The highest BCUT2D eigenvalue weighted by Crippen LogP contribution is 2.19. The van der Waals surface area contributed by atoms with Gasteiger partial charge in [0.2, 0.25) is 0 Å². The van der Waals surface area contributed by atoms with Crippen LogP contribution in [0.1, 0.15) is 25.3 Å². The van der Waals surface area contributed by atoms with E-state index >= 15 is 0 Å². The molecule has 18 heavy (non-hydrogen) atoms. The van der Waals surface area contributed by atoms with Crippen molar-refractivity contribution in [2.24, 2.45) is 0 Å². The van der Waals surface area contributed by atoms with Gasteiger partial charge in [0.15, 0.2) is 0 Å². The molecule has 0 atom stereocenters. The van der Waals surface area contributed by atoms with E-state index in [4.69, 9.17) is 4.74 Å². The Bertz CT molecular complexity index is 349. The maximum absolute atomic E-state index is 5.34. The normalized spacial score (nSPS) is 14.8. The Morgan fingerprint density at radius 1 is 1.44 bits per heavy atom. The van der Waals surface area contributed by atoms with Gasteiger partial charge in [0, 0.05) is 39.0 Å². The molecule has 1 aromatic heterocycles. The smallest absolute Gasteiger partial charge is 0.128 e. The minimum Gasteiger partial charge on any atom is -0.380 e. The highest BCUT2D eigenvalue weighted by Gasteiger charge is 2.19. The molecule has 0 amide bonds. The van der Waals surface area contributed by atoms with Gasteiger partial charge in [-0.3, -0.25) is 0 Å². The summed E-state index contributed by atoms with van der Waals surface area (Å²) >= 11 is 0. The first-order valence-corrected chi connectivity index (χ1v) is 6.76. The average Bonchev–Trinajstić information content (AvgIpc) is 3.21. The van der Waals surface area contributed by atoms with Crippen LogP contribution >= 0.6 is 0 Å². The standard InChI is InChI=1S/C14H23N3O/c1-3-18-9-8-17(2)14-7-4-12(11-16-14)10-15-13-5-6-13/h4,7,11,13,15H,3,5-6,8-10H2,1-2H3. The summed E-state index contributed by atoms with van der Waals surface area (Å²) in [5, 5.41) is 3.49. The molecular weight excluding hydrogens is 226 g/mol. The lowest BCUT2D eigenvalue weighted by Crippen LogP contribution is -2.23. The number of rotatable bonds is 8. The molecule has 0 saturated heterocycles. The Kier molecular flexibility index (Phi) is 4.96. The fourth-order valence-electron chi connectivity index (χ4n) is 1.76. The van der Waals surface area contributed by atoms with E-state index in [9.17, 15) is 0 Å². The van der Waals surface area contributed by atoms with Gasteiger partial charge in [-0.15, -0.1) is 0 Å². The maximum Gasteiger partial charge on any atom is 0.128 e. The number of ether oxygens (including phenoxy) is 1. The molecule has 0 bridgehead atoms. The number of aromatic nitrogens is 1. The summed E-state index contributed by atoms with van der Waals surface area (Å²) in [6.45, 7) is 5.34. The van der Waals surface area contributed by atoms with Crippen LogP contribution < -0.4 is 10.2 Å². The Morgan fingerprint density at radius 2 is 2.28 bits per heavy atom. The molecule has 100 valence electrons. The number of nitrogens with one attached hydrogen (secondary N) is 1.